The van der Waals surface area contributed by atoms with Gasteiger partial charge in [0.05, 0.1) is 12.2 Å². The van der Waals surface area contributed by atoms with Crippen LogP contribution in [-0.2, 0) is 13.0 Å². The van der Waals surface area contributed by atoms with E-state index >= 15 is 0 Å². The van der Waals surface area contributed by atoms with Crippen LogP contribution in [0.5, 0.6) is 0 Å². The van der Waals surface area contributed by atoms with E-state index in [9.17, 15) is 4.39 Å². The van der Waals surface area contributed by atoms with Crippen LogP contribution in [0.15, 0.2) is 40.8 Å². The van der Waals surface area contributed by atoms with Crippen LogP contribution >= 0.6 is 11.6 Å². The summed E-state index contributed by atoms with van der Waals surface area (Å²) >= 11 is 5.90. The standard InChI is InChI=1S/C19H17ClFN3O/c1-12-4-9-16(21)18-15(12)3-2-10-24(18)11-17-22-23-19(25-17)13-5-7-14(20)8-6-13/h4-9H,2-3,10-11H2,1H3. The van der Waals surface area contributed by atoms with Crippen molar-refractivity contribution in [3.8, 4) is 11.5 Å². The van der Waals surface area contributed by atoms with E-state index in [0.717, 1.165) is 36.1 Å². The zero-order valence-corrected chi connectivity index (χ0v) is 14.6. The Hall–Kier alpha value is -2.40. The van der Waals surface area contributed by atoms with Crippen molar-refractivity contribution in [3.05, 3.63) is 64.3 Å². The fourth-order valence-electron chi connectivity index (χ4n) is 3.27. The molecule has 25 heavy (non-hydrogen) atoms. The molecule has 0 atom stereocenters. The molecule has 0 N–H and O–H groups in total. The molecule has 0 spiro atoms. The summed E-state index contributed by atoms with van der Waals surface area (Å²) in [5, 5.41) is 8.87. The van der Waals surface area contributed by atoms with Gasteiger partial charge in [0, 0.05) is 17.1 Å². The molecular weight excluding hydrogens is 341 g/mol. The molecule has 0 saturated carbocycles. The fraction of sp³-hybridized carbons (Fsp3) is 0.263. The van der Waals surface area contributed by atoms with Crippen LogP contribution in [0.2, 0.25) is 5.02 Å². The Labute approximate surface area is 150 Å². The monoisotopic (exact) mass is 357 g/mol. The molecule has 6 heteroatoms. The smallest absolute Gasteiger partial charge is 0.247 e. The SMILES string of the molecule is Cc1ccc(F)c2c1CCCN2Cc1nnc(-c2ccc(Cl)cc2)o1. The number of aryl methyl sites for hydroxylation is 1. The van der Waals surface area contributed by atoms with Crippen molar-refractivity contribution in [1.82, 2.24) is 10.2 Å². The third-order valence-electron chi connectivity index (χ3n) is 4.52. The largest absolute Gasteiger partial charge is 0.419 e. The summed E-state index contributed by atoms with van der Waals surface area (Å²) in [6.07, 6.45) is 1.88. The minimum absolute atomic E-state index is 0.197. The molecule has 0 unspecified atom stereocenters. The van der Waals surface area contributed by atoms with Crippen molar-refractivity contribution in [1.29, 1.82) is 0 Å². The highest BCUT2D eigenvalue weighted by Crippen LogP contribution is 2.33. The van der Waals surface area contributed by atoms with Crippen LogP contribution in [0.1, 0.15) is 23.4 Å². The molecule has 2 aromatic carbocycles. The predicted octanol–water partition coefficient (Wildman–Crippen LogP) is 4.79. The van der Waals surface area contributed by atoms with Crippen molar-refractivity contribution < 1.29 is 8.81 Å². The van der Waals surface area contributed by atoms with Gasteiger partial charge in [0.2, 0.25) is 11.8 Å². The molecule has 0 radical (unpaired) electrons. The van der Waals surface area contributed by atoms with E-state index in [2.05, 4.69) is 10.2 Å². The normalized spacial score (nSPS) is 13.8. The second-order valence-corrected chi connectivity index (χ2v) is 6.66. The van der Waals surface area contributed by atoms with Crippen molar-refractivity contribution in [2.75, 3.05) is 11.4 Å². The van der Waals surface area contributed by atoms with E-state index in [1.807, 2.05) is 30.0 Å². The van der Waals surface area contributed by atoms with Crippen LogP contribution < -0.4 is 4.90 Å². The van der Waals surface area contributed by atoms with Gasteiger partial charge in [-0.25, -0.2) is 4.39 Å². The van der Waals surface area contributed by atoms with Crippen LogP contribution in [0, 0.1) is 12.7 Å². The van der Waals surface area contributed by atoms with Gasteiger partial charge in [-0.1, -0.05) is 17.7 Å². The highest BCUT2D eigenvalue weighted by Gasteiger charge is 2.24. The molecule has 1 aliphatic heterocycles. The lowest BCUT2D eigenvalue weighted by atomic mass is 9.96. The first-order chi connectivity index (χ1) is 12.1. The summed E-state index contributed by atoms with van der Waals surface area (Å²) in [6, 6.07) is 10.6. The van der Waals surface area contributed by atoms with Gasteiger partial charge in [0.15, 0.2) is 0 Å². The lowest BCUT2D eigenvalue weighted by Crippen LogP contribution is -2.30. The number of anilines is 1. The minimum Gasteiger partial charge on any atom is -0.419 e. The number of hydrogen-bond donors (Lipinski definition) is 0. The van der Waals surface area contributed by atoms with Gasteiger partial charge in [-0.05, 0) is 61.2 Å². The van der Waals surface area contributed by atoms with Crippen molar-refractivity contribution >= 4 is 17.3 Å². The predicted molar refractivity (Wildman–Crippen MR) is 95.3 cm³/mol. The summed E-state index contributed by atoms with van der Waals surface area (Å²) in [4.78, 5) is 1.99. The van der Waals surface area contributed by atoms with Gasteiger partial charge >= 0.3 is 0 Å². The first kappa shape index (κ1) is 16.1. The van der Waals surface area contributed by atoms with Gasteiger partial charge in [-0.3, -0.25) is 0 Å². The quantitative estimate of drug-likeness (QED) is 0.675. The van der Waals surface area contributed by atoms with E-state index < -0.39 is 0 Å². The van der Waals surface area contributed by atoms with Crippen molar-refractivity contribution in [3.63, 3.8) is 0 Å². The summed E-state index contributed by atoms with van der Waals surface area (Å²) in [5.74, 6) is 0.713. The number of hydrogen-bond acceptors (Lipinski definition) is 4. The average molecular weight is 358 g/mol. The molecule has 1 aromatic heterocycles. The second kappa shape index (κ2) is 6.48. The second-order valence-electron chi connectivity index (χ2n) is 6.22. The maximum absolute atomic E-state index is 14.4. The first-order valence-electron chi connectivity index (χ1n) is 8.23. The molecule has 0 fully saturated rings. The van der Waals surface area contributed by atoms with Gasteiger partial charge in [-0.15, -0.1) is 10.2 Å². The van der Waals surface area contributed by atoms with Crippen LogP contribution in [0.25, 0.3) is 11.5 Å². The Morgan fingerprint density at radius 2 is 1.96 bits per heavy atom. The molecule has 4 rings (SSSR count). The fourth-order valence-corrected chi connectivity index (χ4v) is 3.40. The zero-order chi connectivity index (χ0) is 17.4. The summed E-state index contributed by atoms with van der Waals surface area (Å²) < 4.78 is 20.2. The molecular formula is C19H17ClFN3O. The summed E-state index contributed by atoms with van der Waals surface area (Å²) in [7, 11) is 0. The first-order valence-corrected chi connectivity index (χ1v) is 8.61. The minimum atomic E-state index is -0.197. The van der Waals surface area contributed by atoms with Gasteiger partial charge in [0.25, 0.3) is 0 Å². The Morgan fingerprint density at radius 1 is 1.16 bits per heavy atom. The number of fused-ring (bicyclic) bond motifs is 1. The molecule has 2 heterocycles. The Kier molecular flexibility index (Phi) is 4.17. The number of nitrogens with zero attached hydrogens (tertiary/aromatic N) is 3. The Morgan fingerprint density at radius 3 is 2.76 bits per heavy atom. The topological polar surface area (TPSA) is 42.2 Å². The third-order valence-corrected chi connectivity index (χ3v) is 4.77. The van der Waals surface area contributed by atoms with E-state index in [1.54, 1.807) is 12.1 Å². The number of rotatable bonds is 3. The molecule has 3 aromatic rings. The Balaban J connectivity index is 1.60. The molecule has 4 nitrogen and oxygen atoms in total. The summed E-state index contributed by atoms with van der Waals surface area (Å²) in [6.45, 7) is 3.19. The maximum Gasteiger partial charge on any atom is 0.247 e. The molecule has 1 aliphatic rings. The molecule has 0 amide bonds. The Bertz CT molecular complexity index is 908. The van der Waals surface area contributed by atoms with Crippen molar-refractivity contribution in [2.24, 2.45) is 0 Å². The number of aromatic nitrogens is 2. The summed E-state index contributed by atoms with van der Waals surface area (Å²) in [5.41, 5.74) is 3.67. The van der Waals surface area contributed by atoms with Crippen LogP contribution in [0.4, 0.5) is 10.1 Å². The third kappa shape index (κ3) is 3.12. The number of halogens is 2. The number of benzene rings is 2. The van der Waals surface area contributed by atoms with E-state index in [-0.39, 0.29) is 5.82 Å². The highest BCUT2D eigenvalue weighted by molar-refractivity contribution is 6.30. The van der Waals surface area contributed by atoms with E-state index in [1.165, 1.54) is 6.07 Å². The highest BCUT2D eigenvalue weighted by atomic mass is 35.5. The van der Waals surface area contributed by atoms with Crippen LogP contribution in [-0.4, -0.2) is 16.7 Å². The van der Waals surface area contributed by atoms with Crippen molar-refractivity contribution in [2.45, 2.75) is 26.3 Å². The van der Waals surface area contributed by atoms with E-state index in [0.29, 0.717) is 29.0 Å². The molecule has 0 bridgehead atoms. The molecule has 0 saturated heterocycles. The van der Waals surface area contributed by atoms with E-state index in [4.69, 9.17) is 16.0 Å². The van der Waals surface area contributed by atoms with Gasteiger partial charge in [0.1, 0.15) is 5.82 Å². The molecule has 128 valence electrons. The lowest BCUT2D eigenvalue weighted by molar-refractivity contribution is 0.489. The maximum atomic E-state index is 14.4. The van der Waals surface area contributed by atoms with Gasteiger partial charge < -0.3 is 9.32 Å². The molecule has 0 aliphatic carbocycles. The van der Waals surface area contributed by atoms with Crippen LogP contribution in [0.3, 0.4) is 0 Å². The van der Waals surface area contributed by atoms with Gasteiger partial charge in [-0.2, -0.15) is 0 Å². The lowest BCUT2D eigenvalue weighted by Gasteiger charge is -2.31. The zero-order valence-electron chi connectivity index (χ0n) is 13.8. The average Bonchev–Trinajstić information content (AvgIpc) is 3.07.